The minimum atomic E-state index is 0.0256. The molecule has 0 unspecified atom stereocenters. The number of benzene rings is 2. The van der Waals surface area contributed by atoms with Crippen LogP contribution in [0.25, 0.3) is 0 Å². The smallest absolute Gasteiger partial charge is 0.0560 e. The number of thiocarbonyl (C=S) groups is 1. The lowest BCUT2D eigenvalue weighted by Gasteiger charge is -2.15. The van der Waals surface area contributed by atoms with Gasteiger partial charge in [0.05, 0.1) is 5.41 Å². The van der Waals surface area contributed by atoms with E-state index >= 15 is 0 Å². The molecule has 1 saturated carbocycles. The zero-order chi connectivity index (χ0) is 11.0. The van der Waals surface area contributed by atoms with Crippen LogP contribution in [0.2, 0.25) is 0 Å². The van der Waals surface area contributed by atoms with Crippen LogP contribution in [-0.2, 0) is 5.41 Å². The Morgan fingerprint density at radius 1 is 0.750 bits per heavy atom. The fourth-order valence-electron chi connectivity index (χ4n) is 2.33. The Morgan fingerprint density at radius 3 is 1.44 bits per heavy atom. The molecule has 3 rings (SSSR count). The van der Waals surface area contributed by atoms with Gasteiger partial charge in [0.1, 0.15) is 0 Å². The van der Waals surface area contributed by atoms with E-state index in [4.69, 9.17) is 12.2 Å². The fourth-order valence-corrected chi connectivity index (χ4v) is 2.79. The maximum Gasteiger partial charge on any atom is 0.0560 e. The van der Waals surface area contributed by atoms with Crippen LogP contribution < -0.4 is 0 Å². The molecule has 0 aromatic heterocycles. The van der Waals surface area contributed by atoms with E-state index in [0.29, 0.717) is 0 Å². The molecule has 2 aromatic carbocycles. The lowest BCUT2D eigenvalue weighted by Crippen LogP contribution is -2.11. The van der Waals surface area contributed by atoms with Crippen molar-refractivity contribution in [2.45, 2.75) is 11.8 Å². The Labute approximate surface area is 101 Å². The van der Waals surface area contributed by atoms with Crippen molar-refractivity contribution in [3.05, 3.63) is 71.8 Å². The van der Waals surface area contributed by atoms with Gasteiger partial charge in [-0.1, -0.05) is 72.9 Å². The van der Waals surface area contributed by atoms with Crippen LogP contribution in [0.15, 0.2) is 60.7 Å². The second-order valence-corrected chi connectivity index (χ2v) is 4.73. The fraction of sp³-hybridized carbons (Fsp3) is 0.133. The van der Waals surface area contributed by atoms with Crippen molar-refractivity contribution in [3.63, 3.8) is 0 Å². The van der Waals surface area contributed by atoms with Gasteiger partial charge in [-0.25, -0.2) is 0 Å². The summed E-state index contributed by atoms with van der Waals surface area (Å²) in [6.07, 6.45) is 1.01. The standard InChI is InChI=1S/C15H12S/c16-14-11-15(14,12-7-3-1-4-8-12)13-9-5-2-6-10-13/h1-10H,11H2. The van der Waals surface area contributed by atoms with Gasteiger partial charge in [-0.05, 0) is 17.5 Å². The number of rotatable bonds is 2. The quantitative estimate of drug-likeness (QED) is 0.700. The van der Waals surface area contributed by atoms with Crippen molar-refractivity contribution < 1.29 is 0 Å². The van der Waals surface area contributed by atoms with Crippen LogP contribution in [0.4, 0.5) is 0 Å². The Kier molecular flexibility index (Phi) is 2.15. The minimum absolute atomic E-state index is 0.0256. The summed E-state index contributed by atoms with van der Waals surface area (Å²) < 4.78 is 0. The molecule has 1 fully saturated rings. The Morgan fingerprint density at radius 2 is 1.12 bits per heavy atom. The third-order valence-electron chi connectivity index (χ3n) is 3.31. The normalized spacial score (nSPS) is 17.1. The molecule has 1 aliphatic carbocycles. The van der Waals surface area contributed by atoms with E-state index in [2.05, 4.69) is 48.5 Å². The second-order valence-electron chi connectivity index (χ2n) is 4.24. The molecule has 0 amide bonds. The van der Waals surface area contributed by atoms with Gasteiger partial charge in [-0.3, -0.25) is 0 Å². The summed E-state index contributed by atoms with van der Waals surface area (Å²) in [7, 11) is 0. The number of hydrogen-bond acceptors (Lipinski definition) is 1. The first kappa shape index (κ1) is 9.73. The van der Waals surface area contributed by atoms with Crippen molar-refractivity contribution in [3.8, 4) is 0 Å². The van der Waals surface area contributed by atoms with Crippen LogP contribution in [-0.4, -0.2) is 4.86 Å². The molecule has 78 valence electrons. The van der Waals surface area contributed by atoms with E-state index in [1.54, 1.807) is 0 Å². The van der Waals surface area contributed by atoms with Crippen molar-refractivity contribution in [1.29, 1.82) is 0 Å². The Balaban J connectivity index is 2.13. The predicted octanol–water partition coefficient (Wildman–Crippen LogP) is 3.75. The molecule has 0 N–H and O–H groups in total. The molecule has 1 aliphatic rings. The monoisotopic (exact) mass is 224 g/mol. The second kappa shape index (κ2) is 3.53. The van der Waals surface area contributed by atoms with Crippen LogP contribution in [0, 0.1) is 0 Å². The summed E-state index contributed by atoms with van der Waals surface area (Å²) >= 11 is 5.45. The van der Waals surface area contributed by atoms with Gasteiger partial charge >= 0.3 is 0 Å². The average Bonchev–Trinajstić information content (AvgIpc) is 3.05. The third kappa shape index (κ3) is 1.32. The maximum atomic E-state index is 5.45. The highest BCUT2D eigenvalue weighted by molar-refractivity contribution is 7.81. The summed E-state index contributed by atoms with van der Waals surface area (Å²) in [6.45, 7) is 0. The van der Waals surface area contributed by atoms with E-state index < -0.39 is 0 Å². The molecule has 0 bridgehead atoms. The summed E-state index contributed by atoms with van der Waals surface area (Å²) in [5.74, 6) is 0. The SMILES string of the molecule is S=C1CC1(c1ccccc1)c1ccccc1. The molecule has 0 nitrogen and oxygen atoms in total. The van der Waals surface area contributed by atoms with Crippen molar-refractivity contribution in [2.75, 3.05) is 0 Å². The highest BCUT2D eigenvalue weighted by Crippen LogP contribution is 2.50. The molecule has 0 atom stereocenters. The lowest BCUT2D eigenvalue weighted by molar-refractivity contribution is 0.900. The molecule has 0 heterocycles. The third-order valence-corrected chi connectivity index (χ3v) is 3.80. The van der Waals surface area contributed by atoms with Crippen molar-refractivity contribution in [2.24, 2.45) is 0 Å². The van der Waals surface area contributed by atoms with Gasteiger partial charge in [-0.2, -0.15) is 0 Å². The first-order chi connectivity index (χ1) is 7.84. The minimum Gasteiger partial charge on any atom is -0.0883 e. The molecule has 0 saturated heterocycles. The largest absolute Gasteiger partial charge is 0.0883 e. The Hall–Kier alpha value is -1.47. The highest BCUT2D eigenvalue weighted by Gasteiger charge is 2.51. The molecular formula is C15H12S. The van der Waals surface area contributed by atoms with E-state index in [9.17, 15) is 0 Å². The van der Waals surface area contributed by atoms with Crippen LogP contribution in [0.5, 0.6) is 0 Å². The molecule has 0 aliphatic heterocycles. The predicted molar refractivity (Wildman–Crippen MR) is 70.9 cm³/mol. The maximum absolute atomic E-state index is 5.45. The van der Waals surface area contributed by atoms with E-state index in [1.807, 2.05) is 12.1 Å². The molecule has 0 radical (unpaired) electrons. The lowest BCUT2D eigenvalue weighted by atomic mass is 9.88. The van der Waals surface area contributed by atoms with Gasteiger partial charge in [-0.15, -0.1) is 0 Å². The molecular weight excluding hydrogens is 212 g/mol. The highest BCUT2D eigenvalue weighted by atomic mass is 32.1. The zero-order valence-electron chi connectivity index (χ0n) is 8.89. The molecule has 0 spiro atoms. The van der Waals surface area contributed by atoms with E-state index in [1.165, 1.54) is 11.1 Å². The van der Waals surface area contributed by atoms with Gasteiger partial charge in [0.15, 0.2) is 0 Å². The summed E-state index contributed by atoms with van der Waals surface area (Å²) in [5, 5.41) is 0. The molecule has 2 aromatic rings. The van der Waals surface area contributed by atoms with E-state index in [0.717, 1.165) is 11.3 Å². The summed E-state index contributed by atoms with van der Waals surface area (Å²) in [5.41, 5.74) is 2.68. The molecule has 1 heteroatoms. The van der Waals surface area contributed by atoms with Gasteiger partial charge in [0, 0.05) is 4.86 Å². The molecule has 16 heavy (non-hydrogen) atoms. The van der Waals surface area contributed by atoms with Crippen LogP contribution in [0.1, 0.15) is 17.5 Å². The number of hydrogen-bond donors (Lipinski definition) is 0. The van der Waals surface area contributed by atoms with Gasteiger partial charge in [0.2, 0.25) is 0 Å². The summed E-state index contributed by atoms with van der Waals surface area (Å²) in [4.78, 5) is 1.16. The van der Waals surface area contributed by atoms with Crippen molar-refractivity contribution in [1.82, 2.24) is 0 Å². The zero-order valence-corrected chi connectivity index (χ0v) is 9.71. The Bertz CT molecular complexity index is 474. The van der Waals surface area contributed by atoms with Gasteiger partial charge in [0.25, 0.3) is 0 Å². The topological polar surface area (TPSA) is 0 Å². The van der Waals surface area contributed by atoms with E-state index in [-0.39, 0.29) is 5.41 Å². The summed E-state index contributed by atoms with van der Waals surface area (Å²) in [6, 6.07) is 21.1. The first-order valence-corrected chi connectivity index (χ1v) is 5.89. The van der Waals surface area contributed by atoms with Gasteiger partial charge < -0.3 is 0 Å². The van der Waals surface area contributed by atoms with Crippen molar-refractivity contribution >= 4 is 17.1 Å². The van der Waals surface area contributed by atoms with Crippen LogP contribution in [0.3, 0.4) is 0 Å². The first-order valence-electron chi connectivity index (χ1n) is 5.48. The van der Waals surface area contributed by atoms with Crippen LogP contribution >= 0.6 is 12.2 Å². The average molecular weight is 224 g/mol.